The van der Waals surface area contributed by atoms with Crippen molar-refractivity contribution in [2.75, 3.05) is 7.11 Å². The zero-order valence-corrected chi connectivity index (χ0v) is 22.9. The SMILES string of the molecule is COC(=O)[C@]1(C)CC(O[Si](C)(C)C(C)(C)C)=C[C@@]2(C)[C@@H]3CCC[C@@H](OC(C)=O)[C@H]3CC(=O)[C@@H]21. The molecule has 0 amide bonds. The Morgan fingerprint density at radius 1 is 1.15 bits per heavy atom. The summed E-state index contributed by atoms with van der Waals surface area (Å²) in [7, 11) is -0.766. The summed E-state index contributed by atoms with van der Waals surface area (Å²) in [6.07, 6.45) is 5.24. The summed E-state index contributed by atoms with van der Waals surface area (Å²) in [6.45, 7) is 16.4. The third-order valence-electron chi connectivity index (χ3n) is 8.99. The quantitative estimate of drug-likeness (QED) is 0.397. The first kappa shape index (κ1) is 26.0. The molecular weight excluding hydrogens is 436 g/mol. The van der Waals surface area contributed by atoms with E-state index in [1.165, 1.54) is 14.0 Å². The number of carbonyl (C=O) groups excluding carboxylic acids is 3. The molecule has 0 radical (unpaired) electrons. The van der Waals surface area contributed by atoms with E-state index in [1.54, 1.807) is 0 Å². The maximum Gasteiger partial charge on any atom is 0.312 e. The van der Waals surface area contributed by atoms with Crippen molar-refractivity contribution in [3.05, 3.63) is 11.8 Å². The van der Waals surface area contributed by atoms with Crippen LogP contribution < -0.4 is 0 Å². The summed E-state index contributed by atoms with van der Waals surface area (Å²) in [5, 5.41) is 0.00341. The largest absolute Gasteiger partial charge is 0.547 e. The second-order valence-electron chi connectivity index (χ2n) is 12.4. The maximum atomic E-state index is 13.7. The highest BCUT2D eigenvalue weighted by Gasteiger charge is 2.64. The zero-order chi connectivity index (χ0) is 25.0. The fourth-order valence-electron chi connectivity index (χ4n) is 6.61. The van der Waals surface area contributed by atoms with Gasteiger partial charge in [0.15, 0.2) is 0 Å². The van der Waals surface area contributed by atoms with E-state index in [1.807, 2.05) is 6.92 Å². The van der Waals surface area contributed by atoms with Crippen molar-refractivity contribution in [1.82, 2.24) is 0 Å². The summed E-state index contributed by atoms with van der Waals surface area (Å²) < 4.78 is 17.7. The molecule has 2 fully saturated rings. The van der Waals surface area contributed by atoms with Crippen molar-refractivity contribution in [2.24, 2.45) is 28.6 Å². The Balaban J connectivity index is 2.12. The van der Waals surface area contributed by atoms with E-state index in [2.05, 4.69) is 46.9 Å². The van der Waals surface area contributed by atoms with Crippen LogP contribution in [0.1, 0.15) is 73.6 Å². The first-order valence-corrected chi connectivity index (χ1v) is 15.2. The van der Waals surface area contributed by atoms with Gasteiger partial charge in [-0.25, -0.2) is 0 Å². The number of hydrogen-bond donors (Lipinski definition) is 0. The van der Waals surface area contributed by atoms with Crippen LogP contribution in [0.15, 0.2) is 11.8 Å². The third-order valence-corrected chi connectivity index (χ3v) is 13.4. The molecular formula is C26H42O6Si. The van der Waals surface area contributed by atoms with Crippen LogP contribution in [0.5, 0.6) is 0 Å². The number of esters is 2. The zero-order valence-electron chi connectivity index (χ0n) is 21.9. The molecule has 33 heavy (non-hydrogen) atoms. The Morgan fingerprint density at radius 3 is 2.33 bits per heavy atom. The highest BCUT2D eigenvalue weighted by Crippen LogP contribution is 2.62. The normalized spacial score (nSPS) is 36.8. The summed E-state index contributed by atoms with van der Waals surface area (Å²) in [5.74, 6) is -0.197. The van der Waals surface area contributed by atoms with Crippen molar-refractivity contribution in [1.29, 1.82) is 0 Å². The molecule has 2 saturated carbocycles. The van der Waals surface area contributed by atoms with Gasteiger partial charge in [-0.05, 0) is 56.3 Å². The summed E-state index contributed by atoms with van der Waals surface area (Å²) in [4.78, 5) is 38.7. The molecule has 6 atom stereocenters. The van der Waals surface area contributed by atoms with Crippen molar-refractivity contribution in [3.8, 4) is 0 Å². The maximum absolute atomic E-state index is 13.7. The van der Waals surface area contributed by atoms with Crippen molar-refractivity contribution >= 4 is 26.0 Å². The molecule has 186 valence electrons. The second-order valence-corrected chi connectivity index (χ2v) is 17.1. The van der Waals surface area contributed by atoms with E-state index in [9.17, 15) is 14.4 Å². The van der Waals surface area contributed by atoms with E-state index in [0.717, 1.165) is 25.0 Å². The van der Waals surface area contributed by atoms with Gasteiger partial charge in [-0.3, -0.25) is 14.4 Å². The molecule has 0 aliphatic heterocycles. The molecule has 0 heterocycles. The van der Waals surface area contributed by atoms with E-state index in [0.29, 0.717) is 12.8 Å². The van der Waals surface area contributed by atoms with Crippen molar-refractivity contribution in [3.63, 3.8) is 0 Å². The Labute approximate surface area is 199 Å². The molecule has 6 nitrogen and oxygen atoms in total. The number of ether oxygens (including phenoxy) is 2. The summed E-state index contributed by atoms with van der Waals surface area (Å²) in [5.41, 5.74) is -1.57. The number of methoxy groups -OCH3 is 1. The van der Waals surface area contributed by atoms with E-state index < -0.39 is 25.1 Å². The topological polar surface area (TPSA) is 78.9 Å². The number of carbonyl (C=O) groups is 3. The summed E-state index contributed by atoms with van der Waals surface area (Å²) >= 11 is 0. The molecule has 0 unspecified atom stereocenters. The highest BCUT2D eigenvalue weighted by molar-refractivity contribution is 6.74. The van der Waals surface area contributed by atoms with Gasteiger partial charge >= 0.3 is 11.9 Å². The number of fused-ring (bicyclic) bond motifs is 3. The Kier molecular flexibility index (Phi) is 6.73. The second kappa shape index (κ2) is 8.54. The van der Waals surface area contributed by atoms with Gasteiger partial charge in [0.25, 0.3) is 0 Å². The van der Waals surface area contributed by atoms with Crippen LogP contribution in [0.3, 0.4) is 0 Å². The van der Waals surface area contributed by atoms with Crippen LogP contribution in [0.2, 0.25) is 18.1 Å². The van der Waals surface area contributed by atoms with E-state index >= 15 is 0 Å². The van der Waals surface area contributed by atoms with Gasteiger partial charge in [-0.15, -0.1) is 0 Å². The molecule has 0 aromatic rings. The molecule has 0 aromatic carbocycles. The lowest BCUT2D eigenvalue weighted by Gasteiger charge is -2.58. The van der Waals surface area contributed by atoms with Crippen LogP contribution in [-0.4, -0.2) is 39.3 Å². The lowest BCUT2D eigenvalue weighted by Crippen LogP contribution is -2.61. The molecule has 7 heteroatoms. The minimum Gasteiger partial charge on any atom is -0.547 e. The highest BCUT2D eigenvalue weighted by atomic mass is 28.4. The van der Waals surface area contributed by atoms with Crippen molar-refractivity contribution in [2.45, 2.75) is 97.9 Å². The average molecular weight is 479 g/mol. The fraction of sp³-hybridized carbons (Fsp3) is 0.808. The van der Waals surface area contributed by atoms with Crippen LogP contribution in [-0.2, 0) is 28.3 Å². The van der Waals surface area contributed by atoms with Crippen LogP contribution in [0.25, 0.3) is 0 Å². The molecule has 3 rings (SSSR count). The number of Topliss-reactive ketones (excluding diaryl/α,β-unsaturated/α-hetero) is 1. The van der Waals surface area contributed by atoms with Gasteiger partial charge in [0, 0.05) is 37.0 Å². The van der Waals surface area contributed by atoms with Crippen LogP contribution >= 0.6 is 0 Å². The fourth-order valence-corrected chi connectivity index (χ4v) is 7.70. The molecule has 0 N–H and O–H groups in total. The minimum absolute atomic E-state index is 0.00341. The molecule has 0 spiro atoms. The van der Waals surface area contributed by atoms with E-state index in [-0.39, 0.29) is 40.7 Å². The number of allylic oxidation sites excluding steroid dienone is 2. The van der Waals surface area contributed by atoms with E-state index in [4.69, 9.17) is 13.9 Å². The van der Waals surface area contributed by atoms with Crippen LogP contribution in [0, 0.1) is 28.6 Å². The number of hydrogen-bond acceptors (Lipinski definition) is 6. The third kappa shape index (κ3) is 4.42. The summed E-state index contributed by atoms with van der Waals surface area (Å²) in [6, 6.07) is 0. The van der Waals surface area contributed by atoms with Gasteiger partial charge in [-0.1, -0.05) is 27.7 Å². The lowest BCUT2D eigenvalue weighted by atomic mass is 9.45. The molecule has 3 aliphatic rings. The monoisotopic (exact) mass is 478 g/mol. The number of ketones is 1. The predicted octanol–water partition coefficient (Wildman–Crippen LogP) is 5.42. The first-order valence-electron chi connectivity index (χ1n) is 12.3. The Hall–Kier alpha value is -1.63. The molecule has 0 saturated heterocycles. The smallest absolute Gasteiger partial charge is 0.312 e. The lowest BCUT2D eigenvalue weighted by molar-refractivity contribution is -0.179. The predicted molar refractivity (Wildman–Crippen MR) is 129 cm³/mol. The molecule has 0 bridgehead atoms. The molecule has 3 aliphatic carbocycles. The Morgan fingerprint density at radius 2 is 1.79 bits per heavy atom. The Bertz CT molecular complexity index is 855. The minimum atomic E-state index is -2.16. The molecule has 0 aromatic heterocycles. The van der Waals surface area contributed by atoms with Gasteiger partial charge in [0.1, 0.15) is 11.9 Å². The number of rotatable bonds is 4. The van der Waals surface area contributed by atoms with Crippen molar-refractivity contribution < 1.29 is 28.3 Å². The van der Waals surface area contributed by atoms with Gasteiger partial charge in [-0.2, -0.15) is 0 Å². The standard InChI is InChI=1S/C26H42O6Si/c1-16(27)31-21-12-10-11-19-18(21)13-20(28)22-25(19,5)14-17(15-26(22,6)23(29)30-7)32-33(8,9)24(2,3)4/h14,18-19,21-22H,10-13,15H2,1-9H3/t18-,19+,21+,22-,25-,26+/m0/s1. The first-order chi connectivity index (χ1) is 15.1. The average Bonchev–Trinajstić information content (AvgIpc) is 2.65. The van der Waals surface area contributed by atoms with Gasteiger partial charge in [0.05, 0.1) is 18.3 Å². The van der Waals surface area contributed by atoms with Gasteiger partial charge < -0.3 is 13.9 Å². The van der Waals surface area contributed by atoms with Crippen LogP contribution in [0.4, 0.5) is 0 Å². The van der Waals surface area contributed by atoms with Gasteiger partial charge in [0.2, 0.25) is 8.32 Å².